The van der Waals surface area contributed by atoms with E-state index in [1.165, 1.54) is 62.7 Å². The summed E-state index contributed by atoms with van der Waals surface area (Å²) in [5.74, 6) is 0. The summed E-state index contributed by atoms with van der Waals surface area (Å²) in [6.07, 6.45) is 16.2. The number of nitrogens with zero attached hydrogens (tertiary/aromatic N) is 5. The number of aliphatic imine (C=N–C) groups is 1. The zero-order chi connectivity index (χ0) is 33.1. The van der Waals surface area contributed by atoms with E-state index in [-0.39, 0.29) is 33.1 Å². The van der Waals surface area contributed by atoms with Gasteiger partial charge in [-0.2, -0.15) is 5.10 Å². The number of aryl methyl sites for hydroxylation is 1. The molecule has 2 saturated heterocycles. The molecule has 3 aliphatic heterocycles. The van der Waals surface area contributed by atoms with Gasteiger partial charge in [-0.1, -0.05) is 63.3 Å². The number of hydrogen-bond donors (Lipinski definition) is 1. The molecule has 0 bridgehead atoms. The van der Waals surface area contributed by atoms with Gasteiger partial charge >= 0.3 is 49.5 Å². The third kappa shape index (κ3) is 17.7. The van der Waals surface area contributed by atoms with E-state index in [1.54, 1.807) is 18.1 Å². The minimum atomic E-state index is 0. The van der Waals surface area contributed by atoms with Gasteiger partial charge in [0.05, 0.1) is 29.3 Å². The average molecular weight is 998 g/mol. The van der Waals surface area contributed by atoms with E-state index in [2.05, 4.69) is 99.6 Å². The number of rotatable bonds is 10. The molecule has 250 valence electrons. The van der Waals surface area contributed by atoms with Crippen LogP contribution in [0.15, 0.2) is 59.0 Å². The number of benzene rings is 1. The first-order chi connectivity index (χ1) is 21.0. The van der Waals surface area contributed by atoms with Gasteiger partial charge in [0.15, 0.2) is 0 Å². The number of unbranched alkanes of at least 4 members (excludes halogenated alkanes) is 1. The molecular formula is C35H59N7STlW-. The summed E-state index contributed by atoms with van der Waals surface area (Å²) in [7, 11) is 2.06. The summed E-state index contributed by atoms with van der Waals surface area (Å²) in [5.41, 5.74) is 13.9. The van der Waals surface area contributed by atoms with E-state index in [0.29, 0.717) is 0 Å². The van der Waals surface area contributed by atoms with Crippen LogP contribution in [0.4, 0.5) is 5.69 Å². The number of likely N-dealkylation sites (N-methyl/N-ethyl adjacent to an activating group) is 1. The van der Waals surface area contributed by atoms with Gasteiger partial charge in [0.1, 0.15) is 0 Å². The molecule has 3 atom stereocenters. The van der Waals surface area contributed by atoms with Crippen LogP contribution in [0.2, 0.25) is 3.48 Å². The Morgan fingerprint density at radius 2 is 1.82 bits per heavy atom. The molecule has 1 aromatic carbocycles. The third-order valence-electron chi connectivity index (χ3n) is 7.60. The Balaban J connectivity index is 0.000000934. The van der Waals surface area contributed by atoms with Crippen LogP contribution in [0.1, 0.15) is 90.7 Å². The van der Waals surface area contributed by atoms with Crippen LogP contribution < -0.4 is 4.72 Å². The zero-order valence-electron chi connectivity index (χ0n) is 29.3. The smallest absolute Gasteiger partial charge is 0 e. The minimum Gasteiger partial charge on any atom is -0.674 e. The standard InChI is InChI=1S/C22H29N5S.C5H11N2.C4H10.C4H9.Tl.W/c1-16-9-10-20(25-28-5)19(14-16)18(3)26-13-7-6-8-22(26)21(11-12-23-4)24-27-15-17(27)2;1-7-3-2-5(6)4-7;2*1-3-4-2;;/h9-12,14-15,22,25H,3-4,6-8,13H2,1-2,5H3;5-6H,2-4H2,1H3;3-4H2,1-2H3;3H,4H2,1-2H3;;/q;-1;;;;/b12-11+,24-21+;;;;;. The van der Waals surface area contributed by atoms with Crippen molar-refractivity contribution in [3.05, 3.63) is 65.8 Å². The molecule has 3 heterocycles. The van der Waals surface area contributed by atoms with E-state index in [1.807, 2.05) is 23.5 Å². The average Bonchev–Trinajstić information content (AvgIpc) is 3.59. The van der Waals surface area contributed by atoms with Crippen LogP contribution in [0, 0.1) is 6.92 Å². The van der Waals surface area contributed by atoms with Crippen molar-refractivity contribution in [1.29, 1.82) is 0 Å². The predicted octanol–water partition coefficient (Wildman–Crippen LogP) is 9.18. The normalized spacial score (nSPS) is 19.8. The molecule has 0 aromatic heterocycles. The van der Waals surface area contributed by atoms with Crippen molar-refractivity contribution < 1.29 is 21.1 Å². The molecule has 45 heavy (non-hydrogen) atoms. The number of nitrogens with one attached hydrogen (secondary N) is 2. The summed E-state index contributed by atoms with van der Waals surface area (Å²) in [4.78, 5) is 8.48. The molecule has 0 amide bonds. The number of likely N-dealkylation sites (tertiary alicyclic amines) is 2. The first-order valence-electron chi connectivity index (χ1n) is 16.2. The van der Waals surface area contributed by atoms with Crippen LogP contribution in [-0.2, 0) is 21.1 Å². The first-order valence-corrected chi connectivity index (χ1v) is 20.0. The van der Waals surface area contributed by atoms with E-state index < -0.39 is 0 Å². The van der Waals surface area contributed by atoms with Crippen molar-refractivity contribution in [2.75, 3.05) is 37.7 Å². The van der Waals surface area contributed by atoms with Gasteiger partial charge in [-0.15, -0.1) is 6.04 Å². The molecule has 2 N–H and O–H groups in total. The van der Waals surface area contributed by atoms with Crippen molar-refractivity contribution in [1.82, 2.24) is 14.8 Å². The van der Waals surface area contributed by atoms with Crippen molar-refractivity contribution in [2.24, 2.45) is 10.1 Å². The monoisotopic (exact) mass is 998 g/mol. The summed E-state index contributed by atoms with van der Waals surface area (Å²) < 4.78 is 4.45. The summed E-state index contributed by atoms with van der Waals surface area (Å²) in [6.45, 7) is 24.2. The largest absolute Gasteiger partial charge is 0.674 e. The van der Waals surface area contributed by atoms with Gasteiger partial charge in [0, 0.05) is 51.3 Å². The second-order valence-electron chi connectivity index (χ2n) is 11.8. The summed E-state index contributed by atoms with van der Waals surface area (Å²) in [5, 5.41) is 6.74. The molecule has 0 spiro atoms. The Labute approximate surface area is 310 Å². The van der Waals surface area contributed by atoms with Crippen LogP contribution in [0.5, 0.6) is 0 Å². The van der Waals surface area contributed by atoms with Gasteiger partial charge < -0.3 is 20.3 Å². The van der Waals surface area contributed by atoms with Crippen molar-refractivity contribution in [2.45, 2.75) is 102 Å². The predicted molar refractivity (Wildman–Crippen MR) is 200 cm³/mol. The summed E-state index contributed by atoms with van der Waals surface area (Å²) >= 11 is 2.80. The maximum atomic E-state index is 7.22. The molecule has 10 heteroatoms. The Morgan fingerprint density at radius 3 is 2.27 bits per heavy atom. The number of anilines is 1. The molecule has 7 nitrogen and oxygen atoms in total. The Bertz CT molecular complexity index is 1080. The molecule has 0 aliphatic carbocycles. The van der Waals surface area contributed by atoms with Crippen LogP contribution >= 0.6 is 11.9 Å². The number of hydrazone groups is 1. The van der Waals surface area contributed by atoms with E-state index in [9.17, 15) is 0 Å². The van der Waals surface area contributed by atoms with E-state index >= 15 is 0 Å². The fourth-order valence-electron chi connectivity index (χ4n) is 4.47. The second-order valence-corrected chi connectivity index (χ2v) is 16.8. The first kappa shape index (κ1) is 44.1. The van der Waals surface area contributed by atoms with Crippen molar-refractivity contribution in [3.8, 4) is 0 Å². The molecule has 0 saturated carbocycles. The molecule has 0 radical (unpaired) electrons. The molecule has 2 fully saturated rings. The Kier molecular flexibility index (Phi) is 24.6. The van der Waals surface area contributed by atoms with Crippen molar-refractivity contribution >= 4 is 61.5 Å². The maximum absolute atomic E-state index is 7.22. The number of allylic oxidation sites excluding steroid dienone is 1. The van der Waals surface area contributed by atoms with E-state index in [4.69, 9.17) is 10.8 Å². The molecule has 3 unspecified atom stereocenters. The fraction of sp³-hybridized carbons (Fsp3) is 0.600. The van der Waals surface area contributed by atoms with Gasteiger partial charge in [0.25, 0.3) is 0 Å². The molecule has 3 aliphatic rings. The number of hydrogen-bond acceptors (Lipinski definition) is 7. The molecule has 1 aromatic rings. The maximum Gasteiger partial charge on any atom is 0 e. The SMILES string of the molecule is C=N/C=C/C(=N\N1C=C1C)C1CCCCN1C(=C)c1cc(C)ccc1NSC.CCCC.CC[CH](C)[Tl].CN1CCC([NH-])C1.[W]. The topological polar surface area (TPSA) is 70.0 Å². The van der Waals surface area contributed by atoms with Crippen LogP contribution in [-0.4, -0.2) is 98.0 Å². The Morgan fingerprint density at radius 1 is 1.18 bits per heavy atom. The van der Waals surface area contributed by atoms with Gasteiger partial charge in [-0.25, -0.2) is 5.01 Å². The Hall–Kier alpha value is -0.940. The van der Waals surface area contributed by atoms with Gasteiger partial charge in [-0.3, -0.25) is 4.99 Å². The number of piperidine rings is 1. The molecular weight excluding hydrogens is 939 g/mol. The van der Waals surface area contributed by atoms with Crippen LogP contribution in [0.3, 0.4) is 0 Å². The zero-order valence-corrected chi connectivity index (χ0v) is 37.6. The second kappa shape index (κ2) is 25.1. The fourth-order valence-corrected chi connectivity index (χ4v) is 4.87. The third-order valence-corrected chi connectivity index (χ3v) is 9.86. The van der Waals surface area contributed by atoms with Gasteiger partial charge in [0.2, 0.25) is 0 Å². The summed E-state index contributed by atoms with van der Waals surface area (Å²) in [6, 6.07) is 6.84. The van der Waals surface area contributed by atoms with E-state index in [0.717, 1.165) is 65.0 Å². The van der Waals surface area contributed by atoms with Crippen LogP contribution in [0.25, 0.3) is 11.4 Å². The quantitative estimate of drug-likeness (QED) is 0.144. The van der Waals surface area contributed by atoms with Crippen molar-refractivity contribution in [3.63, 3.8) is 0 Å². The minimum absolute atomic E-state index is 0. The van der Waals surface area contributed by atoms with Gasteiger partial charge in [-0.05, 0) is 78.2 Å². The molecule has 4 rings (SSSR count).